The first-order chi connectivity index (χ1) is 15.7. The van der Waals surface area contributed by atoms with Gasteiger partial charge in [0.25, 0.3) is 0 Å². The number of benzene rings is 2. The zero-order chi connectivity index (χ0) is 21.9. The number of aromatic nitrogens is 3. The van der Waals surface area contributed by atoms with Crippen LogP contribution in [0.3, 0.4) is 0 Å². The molecule has 1 aliphatic heterocycles. The molecule has 5 rings (SSSR count). The van der Waals surface area contributed by atoms with E-state index in [1.165, 1.54) is 12.3 Å². The molecule has 1 fully saturated rings. The van der Waals surface area contributed by atoms with E-state index in [1.807, 2.05) is 53.2 Å². The molecule has 32 heavy (non-hydrogen) atoms. The van der Waals surface area contributed by atoms with Gasteiger partial charge >= 0.3 is 0 Å². The van der Waals surface area contributed by atoms with Crippen molar-refractivity contribution in [3.63, 3.8) is 0 Å². The summed E-state index contributed by atoms with van der Waals surface area (Å²) in [7, 11) is 1.63. The molecule has 2 aromatic heterocycles. The lowest BCUT2D eigenvalue weighted by atomic mass is 10.1. The summed E-state index contributed by atoms with van der Waals surface area (Å²) >= 11 is 0. The first kappa shape index (κ1) is 20.2. The van der Waals surface area contributed by atoms with Gasteiger partial charge in [-0.05, 0) is 54.1 Å². The Morgan fingerprint density at radius 2 is 1.78 bits per heavy atom. The van der Waals surface area contributed by atoms with Gasteiger partial charge in [-0.1, -0.05) is 12.1 Å². The van der Waals surface area contributed by atoms with Crippen LogP contribution >= 0.6 is 0 Å². The van der Waals surface area contributed by atoms with Gasteiger partial charge in [-0.25, -0.2) is 9.67 Å². The van der Waals surface area contributed by atoms with Crippen LogP contribution in [0, 0.1) is 5.95 Å². The highest BCUT2D eigenvalue weighted by Gasteiger charge is 2.20. The molecule has 0 bridgehead atoms. The largest absolute Gasteiger partial charge is 0.493 e. The fourth-order valence-corrected chi connectivity index (χ4v) is 3.78. The topological polar surface area (TPSA) is 58.4 Å². The molecule has 0 spiro atoms. The first-order valence-corrected chi connectivity index (χ1v) is 10.4. The zero-order valence-corrected chi connectivity index (χ0v) is 17.6. The molecule has 0 saturated carbocycles. The highest BCUT2D eigenvalue weighted by atomic mass is 19.1. The van der Waals surface area contributed by atoms with Crippen molar-refractivity contribution in [3.8, 4) is 39.6 Å². The molecule has 1 saturated heterocycles. The summed E-state index contributed by atoms with van der Waals surface area (Å²) in [5.74, 6) is 0.881. The third-order valence-corrected chi connectivity index (χ3v) is 5.46. The van der Waals surface area contributed by atoms with Gasteiger partial charge in [-0.15, -0.1) is 0 Å². The Morgan fingerprint density at radius 3 is 2.50 bits per heavy atom. The molecule has 1 atom stereocenters. The van der Waals surface area contributed by atoms with Gasteiger partial charge in [0, 0.05) is 23.7 Å². The van der Waals surface area contributed by atoms with Gasteiger partial charge in [0.15, 0.2) is 11.5 Å². The molecule has 7 heteroatoms. The summed E-state index contributed by atoms with van der Waals surface area (Å²) in [4.78, 5) is 3.73. The van der Waals surface area contributed by atoms with Crippen molar-refractivity contribution in [3.05, 3.63) is 79.0 Å². The van der Waals surface area contributed by atoms with E-state index in [-0.39, 0.29) is 6.10 Å². The second kappa shape index (κ2) is 8.80. The van der Waals surface area contributed by atoms with Gasteiger partial charge in [0.1, 0.15) is 6.10 Å². The van der Waals surface area contributed by atoms with Crippen molar-refractivity contribution in [1.82, 2.24) is 14.8 Å². The van der Waals surface area contributed by atoms with E-state index in [0.29, 0.717) is 24.7 Å². The number of ether oxygens (including phenoxy) is 3. The number of pyridine rings is 1. The van der Waals surface area contributed by atoms with Crippen LogP contribution in [0.5, 0.6) is 11.5 Å². The molecular formula is C25H22FN3O3. The normalized spacial score (nSPS) is 15.6. The summed E-state index contributed by atoms with van der Waals surface area (Å²) in [5, 5.41) is 4.52. The molecule has 162 valence electrons. The summed E-state index contributed by atoms with van der Waals surface area (Å²) in [6.45, 7) is 1.30. The Balaban J connectivity index is 1.45. The average molecular weight is 431 g/mol. The van der Waals surface area contributed by atoms with E-state index in [1.54, 1.807) is 19.4 Å². The number of hydrogen-bond donors (Lipinski definition) is 0. The monoisotopic (exact) mass is 431 g/mol. The minimum absolute atomic E-state index is 0.0255. The van der Waals surface area contributed by atoms with E-state index >= 15 is 0 Å². The Bertz CT molecular complexity index is 1200. The summed E-state index contributed by atoms with van der Waals surface area (Å²) in [6.07, 6.45) is 4.18. The van der Waals surface area contributed by atoms with Crippen molar-refractivity contribution >= 4 is 0 Å². The fraction of sp³-hybridized carbons (Fsp3) is 0.200. The standard InChI is InChI=1S/C25H22FN3O3/c1-30-23-8-4-18(14-24(23)32-21-11-13-31-16-21)22-10-12-28-29(22)20-6-2-17(3-7-20)19-5-9-25(26)27-15-19/h2-10,12,14-15,21H,11,13,16H2,1H3. The van der Waals surface area contributed by atoms with Gasteiger partial charge in [-0.2, -0.15) is 9.49 Å². The average Bonchev–Trinajstić information content (AvgIpc) is 3.52. The van der Waals surface area contributed by atoms with Gasteiger partial charge in [-0.3, -0.25) is 0 Å². The Kier molecular flexibility index (Phi) is 5.56. The molecule has 0 amide bonds. The second-order valence-electron chi connectivity index (χ2n) is 7.51. The predicted octanol–water partition coefficient (Wildman–Crippen LogP) is 4.92. The molecule has 1 aliphatic rings. The van der Waals surface area contributed by atoms with E-state index in [4.69, 9.17) is 14.2 Å². The van der Waals surface area contributed by atoms with E-state index in [9.17, 15) is 4.39 Å². The second-order valence-corrected chi connectivity index (χ2v) is 7.51. The van der Waals surface area contributed by atoms with Crippen LogP contribution in [0.15, 0.2) is 73.1 Å². The Morgan fingerprint density at radius 1 is 0.969 bits per heavy atom. The van der Waals surface area contributed by atoms with E-state index in [0.717, 1.165) is 34.5 Å². The molecule has 1 unspecified atom stereocenters. The number of hydrogen-bond acceptors (Lipinski definition) is 5. The molecule has 0 radical (unpaired) electrons. The van der Waals surface area contributed by atoms with Crippen molar-refractivity contribution < 1.29 is 18.6 Å². The summed E-state index contributed by atoms with van der Waals surface area (Å²) < 4.78 is 32.0. The van der Waals surface area contributed by atoms with Gasteiger partial charge < -0.3 is 14.2 Å². The minimum atomic E-state index is -0.491. The lowest BCUT2D eigenvalue weighted by Gasteiger charge is -2.16. The minimum Gasteiger partial charge on any atom is -0.493 e. The Labute approximate surface area is 185 Å². The quantitative estimate of drug-likeness (QED) is 0.406. The van der Waals surface area contributed by atoms with Crippen molar-refractivity contribution in [1.29, 1.82) is 0 Å². The number of methoxy groups -OCH3 is 1. The maximum atomic E-state index is 13.1. The van der Waals surface area contributed by atoms with Gasteiger partial charge in [0.05, 0.1) is 37.9 Å². The first-order valence-electron chi connectivity index (χ1n) is 10.4. The van der Waals surface area contributed by atoms with Crippen LogP contribution in [0.2, 0.25) is 0 Å². The third-order valence-electron chi connectivity index (χ3n) is 5.46. The van der Waals surface area contributed by atoms with Crippen LogP contribution < -0.4 is 9.47 Å². The molecule has 2 aromatic carbocycles. The van der Waals surface area contributed by atoms with Crippen molar-refractivity contribution in [2.45, 2.75) is 12.5 Å². The highest BCUT2D eigenvalue weighted by Crippen LogP contribution is 2.35. The highest BCUT2D eigenvalue weighted by molar-refractivity contribution is 5.68. The summed E-state index contributed by atoms with van der Waals surface area (Å²) in [5.41, 5.74) is 4.60. The van der Waals surface area contributed by atoms with Crippen LogP contribution in [-0.2, 0) is 4.74 Å². The molecule has 6 nitrogen and oxygen atoms in total. The Hall–Kier alpha value is -3.71. The molecule has 4 aromatic rings. The molecular weight excluding hydrogens is 409 g/mol. The maximum Gasteiger partial charge on any atom is 0.212 e. The van der Waals surface area contributed by atoms with E-state index < -0.39 is 5.95 Å². The van der Waals surface area contributed by atoms with Crippen LogP contribution in [0.4, 0.5) is 4.39 Å². The van der Waals surface area contributed by atoms with Gasteiger partial charge in [0.2, 0.25) is 5.95 Å². The van der Waals surface area contributed by atoms with E-state index in [2.05, 4.69) is 10.1 Å². The SMILES string of the molecule is COc1ccc(-c2ccnn2-c2ccc(-c3ccc(F)nc3)cc2)cc1OC1CCOC1. The number of halogens is 1. The van der Waals surface area contributed by atoms with Crippen LogP contribution in [0.25, 0.3) is 28.1 Å². The predicted molar refractivity (Wildman–Crippen MR) is 119 cm³/mol. The molecule has 0 aliphatic carbocycles. The number of rotatable bonds is 6. The van der Waals surface area contributed by atoms with Crippen LogP contribution in [-0.4, -0.2) is 41.2 Å². The smallest absolute Gasteiger partial charge is 0.212 e. The number of nitrogens with zero attached hydrogens (tertiary/aromatic N) is 3. The lowest BCUT2D eigenvalue weighted by molar-refractivity contribution is 0.138. The van der Waals surface area contributed by atoms with Crippen molar-refractivity contribution in [2.75, 3.05) is 20.3 Å². The summed E-state index contributed by atoms with van der Waals surface area (Å²) in [6, 6.07) is 18.8. The maximum absolute atomic E-state index is 13.1. The fourth-order valence-electron chi connectivity index (χ4n) is 3.78. The third kappa shape index (κ3) is 4.07. The zero-order valence-electron chi connectivity index (χ0n) is 17.6. The molecule has 3 heterocycles. The molecule has 0 N–H and O–H groups in total. The lowest BCUT2D eigenvalue weighted by Crippen LogP contribution is -2.16. The van der Waals surface area contributed by atoms with Crippen LogP contribution in [0.1, 0.15) is 6.42 Å². The van der Waals surface area contributed by atoms with Crippen molar-refractivity contribution in [2.24, 2.45) is 0 Å².